The Labute approximate surface area is 119 Å². The zero-order valence-corrected chi connectivity index (χ0v) is 11.8. The number of hydrogen-bond donors (Lipinski definition) is 1. The summed E-state index contributed by atoms with van der Waals surface area (Å²) in [6.45, 7) is 5.34. The molecule has 0 radical (unpaired) electrons. The minimum absolute atomic E-state index is 0.572. The number of para-hydroxylation sites is 1. The molecule has 1 heterocycles. The van der Waals surface area contributed by atoms with Crippen molar-refractivity contribution in [3.05, 3.63) is 54.0 Å². The Hall–Kier alpha value is -1.78. The summed E-state index contributed by atoms with van der Waals surface area (Å²) >= 11 is 0. The van der Waals surface area contributed by atoms with Crippen LogP contribution in [0.3, 0.4) is 0 Å². The Kier molecular flexibility index (Phi) is 6.14. The lowest BCUT2D eigenvalue weighted by Crippen LogP contribution is -2.14. The van der Waals surface area contributed by atoms with Crippen molar-refractivity contribution >= 4 is 0 Å². The van der Waals surface area contributed by atoms with Crippen molar-refractivity contribution in [1.82, 2.24) is 5.32 Å². The third kappa shape index (κ3) is 4.72. The SMILES string of the molecule is CCOCCOc1ccccc1CNCc1ccco1. The molecule has 1 aromatic carbocycles. The number of nitrogens with one attached hydrogen (secondary N) is 1. The van der Waals surface area contributed by atoms with Gasteiger partial charge < -0.3 is 19.2 Å². The molecule has 0 atom stereocenters. The van der Waals surface area contributed by atoms with Gasteiger partial charge in [-0.1, -0.05) is 18.2 Å². The molecule has 108 valence electrons. The fraction of sp³-hybridized carbons (Fsp3) is 0.375. The van der Waals surface area contributed by atoms with Crippen LogP contribution in [-0.4, -0.2) is 19.8 Å². The van der Waals surface area contributed by atoms with Gasteiger partial charge in [-0.3, -0.25) is 0 Å². The maximum absolute atomic E-state index is 5.74. The summed E-state index contributed by atoms with van der Waals surface area (Å²) in [6.07, 6.45) is 1.68. The first-order chi connectivity index (χ1) is 9.90. The van der Waals surface area contributed by atoms with Crippen molar-refractivity contribution < 1.29 is 13.9 Å². The molecule has 0 unspecified atom stereocenters. The van der Waals surface area contributed by atoms with Gasteiger partial charge in [-0.25, -0.2) is 0 Å². The molecule has 0 fully saturated rings. The normalized spacial score (nSPS) is 10.7. The highest BCUT2D eigenvalue weighted by atomic mass is 16.5. The Morgan fingerprint density at radius 3 is 2.75 bits per heavy atom. The number of furan rings is 1. The van der Waals surface area contributed by atoms with Crippen LogP contribution in [0.15, 0.2) is 47.1 Å². The van der Waals surface area contributed by atoms with Crippen molar-refractivity contribution in [3.63, 3.8) is 0 Å². The van der Waals surface area contributed by atoms with Crippen LogP contribution in [0.1, 0.15) is 18.2 Å². The molecular weight excluding hydrogens is 254 g/mol. The Morgan fingerprint density at radius 1 is 1.05 bits per heavy atom. The number of hydrogen-bond acceptors (Lipinski definition) is 4. The van der Waals surface area contributed by atoms with E-state index in [0.717, 1.165) is 30.2 Å². The first-order valence-electron chi connectivity index (χ1n) is 6.91. The van der Waals surface area contributed by atoms with Crippen LogP contribution >= 0.6 is 0 Å². The van der Waals surface area contributed by atoms with Crippen LogP contribution in [0.4, 0.5) is 0 Å². The van der Waals surface area contributed by atoms with Gasteiger partial charge in [-0.05, 0) is 25.1 Å². The second kappa shape index (κ2) is 8.40. The quantitative estimate of drug-likeness (QED) is 0.714. The predicted molar refractivity (Wildman–Crippen MR) is 77.7 cm³/mol. The lowest BCUT2D eigenvalue weighted by molar-refractivity contribution is 0.110. The molecule has 0 saturated carbocycles. The van der Waals surface area contributed by atoms with Crippen molar-refractivity contribution in [2.45, 2.75) is 20.0 Å². The van der Waals surface area contributed by atoms with Gasteiger partial charge >= 0.3 is 0 Å². The van der Waals surface area contributed by atoms with E-state index in [1.807, 2.05) is 37.3 Å². The zero-order valence-electron chi connectivity index (χ0n) is 11.8. The lowest BCUT2D eigenvalue weighted by atomic mass is 10.2. The largest absolute Gasteiger partial charge is 0.491 e. The minimum atomic E-state index is 0.572. The highest BCUT2D eigenvalue weighted by Crippen LogP contribution is 2.17. The molecule has 0 saturated heterocycles. The van der Waals surface area contributed by atoms with Crippen LogP contribution in [0.5, 0.6) is 5.75 Å². The number of rotatable bonds is 9. The Balaban J connectivity index is 1.80. The first-order valence-corrected chi connectivity index (χ1v) is 6.91. The van der Waals surface area contributed by atoms with E-state index in [9.17, 15) is 0 Å². The molecule has 0 aliphatic carbocycles. The highest BCUT2D eigenvalue weighted by Gasteiger charge is 2.03. The predicted octanol–water partition coefficient (Wildman–Crippen LogP) is 2.98. The van der Waals surface area contributed by atoms with Gasteiger partial charge in [0.15, 0.2) is 0 Å². The average molecular weight is 275 g/mol. The van der Waals surface area contributed by atoms with Crippen molar-refractivity contribution in [3.8, 4) is 5.75 Å². The molecule has 2 aromatic rings. The van der Waals surface area contributed by atoms with Gasteiger partial charge in [0.05, 0.1) is 19.4 Å². The third-order valence-electron chi connectivity index (χ3n) is 2.86. The number of ether oxygens (including phenoxy) is 2. The molecule has 4 nitrogen and oxygen atoms in total. The topological polar surface area (TPSA) is 43.6 Å². The number of benzene rings is 1. The van der Waals surface area contributed by atoms with Gasteiger partial charge in [-0.2, -0.15) is 0 Å². The highest BCUT2D eigenvalue weighted by molar-refractivity contribution is 5.33. The van der Waals surface area contributed by atoms with Crippen LogP contribution in [-0.2, 0) is 17.8 Å². The van der Waals surface area contributed by atoms with E-state index in [4.69, 9.17) is 13.9 Å². The monoisotopic (exact) mass is 275 g/mol. The molecule has 2 rings (SSSR count). The van der Waals surface area contributed by atoms with E-state index < -0.39 is 0 Å². The second-order valence-corrected chi connectivity index (χ2v) is 4.34. The molecular formula is C16H21NO3. The summed E-state index contributed by atoms with van der Waals surface area (Å²) in [5.41, 5.74) is 1.13. The van der Waals surface area contributed by atoms with E-state index in [-0.39, 0.29) is 0 Å². The van der Waals surface area contributed by atoms with Gasteiger partial charge in [0, 0.05) is 18.7 Å². The fourth-order valence-corrected chi connectivity index (χ4v) is 1.88. The third-order valence-corrected chi connectivity index (χ3v) is 2.86. The van der Waals surface area contributed by atoms with Gasteiger partial charge in [0.2, 0.25) is 0 Å². The summed E-state index contributed by atoms with van der Waals surface area (Å²) in [7, 11) is 0. The summed E-state index contributed by atoms with van der Waals surface area (Å²) in [5, 5.41) is 3.34. The molecule has 0 aliphatic heterocycles. The standard InChI is InChI=1S/C16H21NO3/c1-2-18-10-11-20-16-8-4-3-6-14(16)12-17-13-15-7-5-9-19-15/h3-9,17H,2,10-13H2,1H3. The average Bonchev–Trinajstić information content (AvgIpc) is 2.98. The summed E-state index contributed by atoms with van der Waals surface area (Å²) in [6, 6.07) is 11.9. The van der Waals surface area contributed by atoms with Gasteiger partial charge in [0.1, 0.15) is 18.1 Å². The lowest BCUT2D eigenvalue weighted by Gasteiger charge is -2.11. The van der Waals surface area contributed by atoms with Gasteiger partial charge in [-0.15, -0.1) is 0 Å². The van der Waals surface area contributed by atoms with Crippen LogP contribution in [0, 0.1) is 0 Å². The van der Waals surface area contributed by atoms with Crippen molar-refractivity contribution in [2.75, 3.05) is 19.8 Å². The zero-order chi connectivity index (χ0) is 14.0. The Morgan fingerprint density at radius 2 is 1.95 bits per heavy atom. The molecule has 0 amide bonds. The molecule has 4 heteroatoms. The fourth-order valence-electron chi connectivity index (χ4n) is 1.88. The van der Waals surface area contributed by atoms with Gasteiger partial charge in [0.25, 0.3) is 0 Å². The molecule has 20 heavy (non-hydrogen) atoms. The van der Waals surface area contributed by atoms with E-state index in [1.54, 1.807) is 6.26 Å². The maximum atomic E-state index is 5.74. The Bertz CT molecular complexity index is 482. The molecule has 0 bridgehead atoms. The van der Waals surface area contributed by atoms with E-state index >= 15 is 0 Å². The molecule has 1 aromatic heterocycles. The molecule has 1 N–H and O–H groups in total. The van der Waals surface area contributed by atoms with E-state index in [0.29, 0.717) is 19.8 Å². The summed E-state index contributed by atoms with van der Waals surface area (Å²) in [4.78, 5) is 0. The molecule has 0 spiro atoms. The first kappa shape index (κ1) is 14.6. The molecule has 0 aliphatic rings. The van der Waals surface area contributed by atoms with Crippen molar-refractivity contribution in [1.29, 1.82) is 0 Å². The minimum Gasteiger partial charge on any atom is -0.491 e. The van der Waals surface area contributed by atoms with E-state index in [1.165, 1.54) is 0 Å². The second-order valence-electron chi connectivity index (χ2n) is 4.34. The summed E-state index contributed by atoms with van der Waals surface area (Å²) < 4.78 is 16.3. The van der Waals surface area contributed by atoms with Crippen LogP contribution in [0.25, 0.3) is 0 Å². The smallest absolute Gasteiger partial charge is 0.123 e. The maximum Gasteiger partial charge on any atom is 0.123 e. The summed E-state index contributed by atoms with van der Waals surface area (Å²) in [5.74, 6) is 1.83. The van der Waals surface area contributed by atoms with E-state index in [2.05, 4.69) is 11.4 Å². The van der Waals surface area contributed by atoms with Crippen LogP contribution in [0.2, 0.25) is 0 Å². The van der Waals surface area contributed by atoms with Crippen LogP contribution < -0.4 is 10.1 Å². The van der Waals surface area contributed by atoms with Crippen molar-refractivity contribution in [2.24, 2.45) is 0 Å².